The Bertz CT molecular complexity index is 456. The second-order valence-electron chi connectivity index (χ2n) is 4.20. The minimum atomic E-state index is -0.531. The molecule has 0 aromatic carbocycles. The summed E-state index contributed by atoms with van der Waals surface area (Å²) in [5.41, 5.74) is 0.515. The summed E-state index contributed by atoms with van der Waals surface area (Å²) >= 11 is 3.30. The van der Waals surface area contributed by atoms with Crippen molar-refractivity contribution in [3.05, 3.63) is 22.4 Å². The molecule has 0 spiro atoms. The van der Waals surface area contributed by atoms with Gasteiger partial charge in [0, 0.05) is 31.3 Å². The molecule has 0 fully saturated rings. The maximum Gasteiger partial charge on any atom is 0.268 e. The zero-order valence-corrected chi connectivity index (χ0v) is 12.6. The van der Waals surface area contributed by atoms with Crippen LogP contribution < -0.4 is 5.32 Å². The minimum Gasteiger partial charge on any atom is -0.345 e. The predicted octanol–water partition coefficient (Wildman–Crippen LogP) is 1.38. The first-order valence-corrected chi connectivity index (χ1v) is 6.53. The van der Waals surface area contributed by atoms with E-state index >= 15 is 0 Å². The molecular formula is C12H18BrN3O2. The Hall–Kier alpha value is -1.30. The number of rotatable bonds is 4. The lowest BCUT2D eigenvalue weighted by molar-refractivity contribution is -0.131. The average Bonchev–Trinajstić information content (AvgIpc) is 2.66. The van der Waals surface area contributed by atoms with Crippen molar-refractivity contribution in [2.45, 2.75) is 19.9 Å². The number of hydrogen-bond acceptors (Lipinski definition) is 2. The van der Waals surface area contributed by atoms with Gasteiger partial charge in [-0.05, 0) is 35.8 Å². The van der Waals surface area contributed by atoms with E-state index in [9.17, 15) is 9.59 Å². The third-order valence-corrected chi connectivity index (χ3v) is 3.21. The van der Waals surface area contributed by atoms with Crippen LogP contribution in [0.2, 0.25) is 0 Å². The normalized spacial score (nSPS) is 12.1. The molecule has 1 rings (SSSR count). The molecule has 1 unspecified atom stereocenters. The summed E-state index contributed by atoms with van der Waals surface area (Å²) in [6.45, 7) is 4.19. The summed E-state index contributed by atoms with van der Waals surface area (Å²) in [5, 5.41) is 2.69. The molecule has 5 nitrogen and oxygen atoms in total. The third kappa shape index (κ3) is 3.35. The summed E-state index contributed by atoms with van der Waals surface area (Å²) in [4.78, 5) is 25.4. The molecule has 0 radical (unpaired) electrons. The molecule has 0 saturated heterocycles. The van der Waals surface area contributed by atoms with Crippen molar-refractivity contribution in [1.29, 1.82) is 0 Å². The quantitative estimate of drug-likeness (QED) is 0.912. The summed E-state index contributed by atoms with van der Waals surface area (Å²) < 4.78 is 2.54. The summed E-state index contributed by atoms with van der Waals surface area (Å²) in [6.07, 6.45) is 1.79. The van der Waals surface area contributed by atoms with E-state index in [1.807, 2.05) is 6.92 Å². The first-order chi connectivity index (χ1) is 8.36. The first-order valence-electron chi connectivity index (χ1n) is 5.74. The molecule has 6 heteroatoms. The third-order valence-electron chi connectivity index (χ3n) is 2.77. The Balaban J connectivity index is 2.71. The summed E-state index contributed by atoms with van der Waals surface area (Å²) in [5.74, 6) is -0.354. The predicted molar refractivity (Wildman–Crippen MR) is 73.4 cm³/mol. The molecule has 0 aliphatic heterocycles. The molecule has 18 heavy (non-hydrogen) atoms. The molecule has 2 amide bonds. The Kier molecular flexibility index (Phi) is 4.95. The Morgan fingerprint density at radius 1 is 1.56 bits per heavy atom. The number of amides is 2. The Labute approximate surface area is 115 Å². The standard InChI is InChI=1S/C12H18BrN3O2/c1-5-15(3)12(18)8(2)14-11(17)10-6-9(13)7-16(10)4/h6-8H,5H2,1-4H3,(H,14,17). The topological polar surface area (TPSA) is 54.3 Å². The number of halogens is 1. The highest BCUT2D eigenvalue weighted by Crippen LogP contribution is 2.13. The number of aromatic nitrogens is 1. The van der Waals surface area contributed by atoms with Crippen LogP contribution in [-0.2, 0) is 11.8 Å². The Morgan fingerprint density at radius 3 is 2.61 bits per heavy atom. The van der Waals surface area contributed by atoms with Gasteiger partial charge in [-0.15, -0.1) is 0 Å². The molecule has 1 aromatic heterocycles. The number of nitrogens with one attached hydrogen (secondary N) is 1. The highest BCUT2D eigenvalue weighted by atomic mass is 79.9. The van der Waals surface area contributed by atoms with Gasteiger partial charge >= 0.3 is 0 Å². The van der Waals surface area contributed by atoms with Crippen molar-refractivity contribution in [3.63, 3.8) is 0 Å². The molecule has 100 valence electrons. The Morgan fingerprint density at radius 2 is 2.17 bits per heavy atom. The van der Waals surface area contributed by atoms with Crippen LogP contribution in [0.3, 0.4) is 0 Å². The van der Waals surface area contributed by atoms with Gasteiger partial charge in [0.2, 0.25) is 5.91 Å². The van der Waals surface area contributed by atoms with Gasteiger partial charge in [-0.1, -0.05) is 0 Å². The van der Waals surface area contributed by atoms with Gasteiger partial charge in [0.05, 0.1) is 0 Å². The fourth-order valence-corrected chi connectivity index (χ4v) is 2.09. The zero-order chi connectivity index (χ0) is 13.9. The molecule has 0 aliphatic rings. The minimum absolute atomic E-state index is 0.0980. The van der Waals surface area contributed by atoms with E-state index in [0.717, 1.165) is 4.47 Å². The van der Waals surface area contributed by atoms with Crippen LogP contribution in [0.5, 0.6) is 0 Å². The van der Waals surface area contributed by atoms with E-state index in [1.165, 1.54) is 0 Å². The molecule has 0 bridgehead atoms. The van der Waals surface area contributed by atoms with E-state index < -0.39 is 6.04 Å². The number of likely N-dealkylation sites (N-methyl/N-ethyl adjacent to an activating group) is 1. The van der Waals surface area contributed by atoms with Crippen molar-refractivity contribution in [2.24, 2.45) is 7.05 Å². The first kappa shape index (κ1) is 14.8. The van der Waals surface area contributed by atoms with Gasteiger partial charge in [0.15, 0.2) is 0 Å². The van der Waals surface area contributed by atoms with Crippen LogP contribution in [0.1, 0.15) is 24.3 Å². The number of hydrogen-bond donors (Lipinski definition) is 1. The van der Waals surface area contributed by atoms with Gasteiger partial charge in [-0.3, -0.25) is 9.59 Å². The van der Waals surface area contributed by atoms with E-state index in [4.69, 9.17) is 0 Å². The lowest BCUT2D eigenvalue weighted by Gasteiger charge is -2.20. The highest BCUT2D eigenvalue weighted by molar-refractivity contribution is 9.10. The van der Waals surface area contributed by atoms with Gasteiger partial charge in [0.1, 0.15) is 11.7 Å². The summed E-state index contributed by atoms with van der Waals surface area (Å²) in [6, 6.07) is 1.19. The smallest absolute Gasteiger partial charge is 0.268 e. The number of nitrogens with zero attached hydrogens (tertiary/aromatic N) is 2. The van der Waals surface area contributed by atoms with E-state index in [0.29, 0.717) is 12.2 Å². The second kappa shape index (κ2) is 6.04. The van der Waals surface area contributed by atoms with E-state index in [-0.39, 0.29) is 11.8 Å². The van der Waals surface area contributed by atoms with E-state index in [2.05, 4.69) is 21.2 Å². The van der Waals surface area contributed by atoms with Crippen LogP contribution in [0.25, 0.3) is 0 Å². The summed E-state index contributed by atoms with van der Waals surface area (Å²) in [7, 11) is 3.49. The molecule has 1 N–H and O–H groups in total. The molecule has 0 saturated carbocycles. The van der Waals surface area contributed by atoms with E-state index in [1.54, 1.807) is 42.7 Å². The molecule has 1 heterocycles. The fourth-order valence-electron chi connectivity index (χ4n) is 1.57. The van der Waals surface area contributed by atoms with Gasteiger partial charge in [-0.2, -0.15) is 0 Å². The SMILES string of the molecule is CCN(C)C(=O)C(C)NC(=O)c1cc(Br)cn1C. The van der Waals surface area contributed by atoms with Crippen molar-refractivity contribution < 1.29 is 9.59 Å². The van der Waals surface area contributed by atoms with Gasteiger partial charge in [0.25, 0.3) is 5.91 Å². The van der Waals surface area contributed by atoms with Crippen LogP contribution >= 0.6 is 15.9 Å². The highest BCUT2D eigenvalue weighted by Gasteiger charge is 2.20. The second-order valence-corrected chi connectivity index (χ2v) is 5.12. The molecule has 1 aromatic rings. The fraction of sp³-hybridized carbons (Fsp3) is 0.500. The number of carbonyl (C=O) groups is 2. The number of aryl methyl sites for hydroxylation is 1. The molecular weight excluding hydrogens is 298 g/mol. The van der Waals surface area contributed by atoms with Crippen LogP contribution in [0.15, 0.2) is 16.7 Å². The largest absolute Gasteiger partial charge is 0.345 e. The lowest BCUT2D eigenvalue weighted by atomic mass is 10.2. The lowest BCUT2D eigenvalue weighted by Crippen LogP contribution is -2.45. The maximum absolute atomic E-state index is 12.0. The molecule has 0 aliphatic carbocycles. The van der Waals surface area contributed by atoms with Crippen LogP contribution in [-0.4, -0.2) is 40.9 Å². The average molecular weight is 316 g/mol. The zero-order valence-electron chi connectivity index (χ0n) is 11.0. The van der Waals surface area contributed by atoms with Crippen molar-refractivity contribution >= 4 is 27.7 Å². The van der Waals surface area contributed by atoms with Gasteiger partial charge in [-0.25, -0.2) is 0 Å². The van der Waals surface area contributed by atoms with Crippen LogP contribution in [0, 0.1) is 0 Å². The molecule has 1 atom stereocenters. The van der Waals surface area contributed by atoms with Crippen molar-refractivity contribution in [1.82, 2.24) is 14.8 Å². The number of carbonyl (C=O) groups excluding carboxylic acids is 2. The van der Waals surface area contributed by atoms with Crippen molar-refractivity contribution in [2.75, 3.05) is 13.6 Å². The van der Waals surface area contributed by atoms with Crippen molar-refractivity contribution in [3.8, 4) is 0 Å². The monoisotopic (exact) mass is 315 g/mol. The van der Waals surface area contributed by atoms with Crippen LogP contribution in [0.4, 0.5) is 0 Å². The maximum atomic E-state index is 12.0. The van der Waals surface area contributed by atoms with Gasteiger partial charge < -0.3 is 14.8 Å².